The molecule has 5 heterocycles. The molecule has 0 saturated heterocycles. The van der Waals surface area contributed by atoms with Crippen molar-refractivity contribution in [1.29, 1.82) is 0 Å². The molecule has 0 unspecified atom stereocenters. The van der Waals surface area contributed by atoms with Crippen LogP contribution in [0.5, 0.6) is 34.6 Å². The average Bonchev–Trinajstić information content (AvgIpc) is 1.53. The zero-order valence-corrected chi connectivity index (χ0v) is 69.2. The standard InChI is InChI=1S/C18H19NO3.C17H17NO3.C12H13BrO2.C12H14BrO2.C11H16O.3C3H8.HI.Y/c1-18(2,3)14-9-11(8-13-15(20)10-22-16(13)14)12-6-5-7-19-17(12)21-4;1-17(2,3)13-8-10(11-5-4-6-18-16(11)20)7-12-14(19)9-21-15(12)13;1-12(2,3)9-5-7(13)4-8-10(14)6-15-11(8)9;1-12(2,3)10-8-9(13)4-5-11(10)15-7-6-14;1-8-5-6-10(12)9(7-8)11(2,3)4;3*1-3-2;;/h5-9H,10H2,1-4H3;4-8H,9H2,1-3H3,(H,18,20);4-5H,6H2,1-3H3;4-5,8H,7H2,1-3H3;5-7,12H,1-4H3;3*3H2,1-2H3;1H;/q;;;-1;;;;;;/p-1. The summed E-state index contributed by atoms with van der Waals surface area (Å²) in [4.78, 5) is 64.7. The molecule has 1 radical (unpaired) electrons. The monoisotopic (exact) mass is 1630 g/mol. The minimum Gasteiger partial charge on any atom is -1.00 e. The van der Waals surface area contributed by atoms with Gasteiger partial charge in [-0.05, 0) is 142 Å². The maximum atomic E-state index is 12.1. The first kappa shape index (κ1) is 88.5. The molecular weight excluding hydrogens is 1530 g/mol. The molecule has 3 aliphatic heterocycles. The van der Waals surface area contributed by atoms with Crippen molar-refractivity contribution in [2.24, 2.45) is 0 Å². The van der Waals surface area contributed by atoms with E-state index in [-0.39, 0.29) is 133 Å². The average molecular weight is 1630 g/mol. The number of aromatic nitrogens is 2. The number of halogens is 3. The summed E-state index contributed by atoms with van der Waals surface area (Å²) >= 11 is 6.85. The number of pyridine rings is 2. The molecule has 10 rings (SSSR count). The number of ketones is 3. The fourth-order valence-electron chi connectivity index (χ4n) is 9.56. The number of ether oxygens (including phenoxy) is 5. The van der Waals surface area contributed by atoms with E-state index in [1.165, 1.54) is 24.8 Å². The SMILES string of the molecule is CC(C)(C)c1cc(-c2ccc[nH]c2=O)cc2c1OCC2=O.CC(C)(C)c1cc(Br)cc2c1OCC2=O.CC(C)(C)c1cc(Br)ccc1OC[C-]=O.CCC.CCC.CCC.COc1ncccc1-c1cc2c(c(C(C)(C)C)c1)OCC2=O.Cc1ccc(O)c(C(C)(C)C)c1.[I-].[Y]. The van der Waals surface area contributed by atoms with E-state index in [0.717, 1.165) is 65.0 Å². The number of aromatic amines is 1. The zero-order chi connectivity index (χ0) is 71.3. The Bertz CT molecular complexity index is 3750. The van der Waals surface area contributed by atoms with Crippen LogP contribution in [0.15, 0.2) is 123 Å². The van der Waals surface area contributed by atoms with Gasteiger partial charge in [0, 0.05) is 87.4 Å². The summed E-state index contributed by atoms with van der Waals surface area (Å²) in [7, 11) is 1.60. The molecule has 0 spiro atoms. The smallest absolute Gasteiger partial charge is 0.255 e. The third-order valence-electron chi connectivity index (χ3n) is 14.0. The number of nitrogens with zero attached hydrogens (tertiary/aromatic N) is 1. The minimum atomic E-state index is -0.174. The Hall–Kier alpha value is -5.53. The van der Waals surface area contributed by atoms with Crippen LogP contribution >= 0.6 is 31.9 Å². The van der Waals surface area contributed by atoms with E-state index in [2.05, 4.69) is 193 Å². The van der Waals surface area contributed by atoms with Crippen molar-refractivity contribution < 1.29 is 105 Å². The fourth-order valence-corrected chi connectivity index (χ4v) is 10.4. The molecular formula is C79H103Br2IN2O11Y-2. The molecule has 0 bridgehead atoms. The Morgan fingerprint density at radius 1 is 0.521 bits per heavy atom. The Kier molecular flexibility index (Phi) is 36.8. The van der Waals surface area contributed by atoms with Crippen LogP contribution in [0, 0.1) is 6.92 Å². The van der Waals surface area contributed by atoms with E-state index in [4.69, 9.17) is 23.7 Å². The number of methoxy groups -OCH3 is 1. The van der Waals surface area contributed by atoms with Crippen LogP contribution in [0.3, 0.4) is 0 Å². The number of aromatic hydroxyl groups is 1. The molecule has 96 heavy (non-hydrogen) atoms. The second-order valence-corrected chi connectivity index (χ2v) is 30.0. The number of Topliss-reactive ketones (excluding diaryl/α,β-unsaturated/α-hetero) is 3. The van der Waals surface area contributed by atoms with Crippen LogP contribution in [0.25, 0.3) is 22.3 Å². The molecule has 17 heteroatoms. The molecule has 0 amide bonds. The van der Waals surface area contributed by atoms with Crippen molar-refractivity contribution in [2.45, 2.75) is 199 Å². The van der Waals surface area contributed by atoms with Crippen molar-refractivity contribution in [3.05, 3.63) is 179 Å². The molecule has 0 atom stereocenters. The van der Waals surface area contributed by atoms with E-state index in [1.54, 1.807) is 50.1 Å². The minimum absolute atomic E-state index is 0. The normalized spacial score (nSPS) is 12.3. The first-order valence-corrected chi connectivity index (χ1v) is 33.8. The number of carbonyl (C=O) groups excluding carboxylic acids is 4. The number of fused-ring (bicyclic) bond motifs is 3. The van der Waals surface area contributed by atoms with Gasteiger partial charge in [-0.3, -0.25) is 19.2 Å². The largest absolute Gasteiger partial charge is 1.00 e. The summed E-state index contributed by atoms with van der Waals surface area (Å²) in [5, 5.41) is 9.57. The van der Waals surface area contributed by atoms with Crippen LogP contribution in [0.1, 0.15) is 229 Å². The van der Waals surface area contributed by atoms with Gasteiger partial charge in [0.25, 0.3) is 5.56 Å². The van der Waals surface area contributed by atoms with Crippen molar-refractivity contribution >= 4 is 55.5 Å². The molecule has 521 valence electrons. The number of hydrogen-bond donors (Lipinski definition) is 2. The number of hydrogen-bond acceptors (Lipinski definition) is 12. The third-order valence-corrected chi connectivity index (χ3v) is 15.0. The number of nitrogens with one attached hydrogen (secondary N) is 1. The van der Waals surface area contributed by atoms with E-state index >= 15 is 0 Å². The van der Waals surface area contributed by atoms with E-state index in [0.29, 0.717) is 45.4 Å². The fraction of sp³-hybridized carbons (Fsp3) is 0.443. The predicted octanol–water partition coefficient (Wildman–Crippen LogP) is 17.3. The number of benzene rings is 5. The first-order chi connectivity index (χ1) is 43.8. The molecule has 5 aromatic carbocycles. The maximum Gasteiger partial charge on any atom is 0.255 e. The summed E-state index contributed by atoms with van der Waals surface area (Å²) in [6.45, 7) is 46.6. The van der Waals surface area contributed by atoms with E-state index in [1.807, 2.05) is 73.7 Å². The van der Waals surface area contributed by atoms with E-state index < -0.39 is 0 Å². The van der Waals surface area contributed by atoms with Gasteiger partial charge in [-0.15, -0.1) is 0 Å². The molecule has 3 aliphatic rings. The van der Waals surface area contributed by atoms with Crippen molar-refractivity contribution in [2.75, 3.05) is 33.5 Å². The van der Waals surface area contributed by atoms with Crippen LogP contribution < -0.4 is 53.2 Å². The Morgan fingerprint density at radius 3 is 1.33 bits per heavy atom. The van der Waals surface area contributed by atoms with E-state index in [9.17, 15) is 29.1 Å². The number of H-pyrrole nitrogens is 1. The predicted molar refractivity (Wildman–Crippen MR) is 392 cm³/mol. The van der Waals surface area contributed by atoms with Crippen LogP contribution in [-0.4, -0.2) is 72.2 Å². The maximum absolute atomic E-state index is 12.1. The van der Waals surface area contributed by atoms with Gasteiger partial charge in [0.1, 0.15) is 28.7 Å². The second kappa shape index (κ2) is 39.9. The molecule has 0 fully saturated rings. The van der Waals surface area contributed by atoms with Gasteiger partial charge < -0.3 is 62.5 Å². The summed E-state index contributed by atoms with van der Waals surface area (Å²) in [5.41, 5.74) is 10.9. The Labute approximate surface area is 632 Å². The summed E-state index contributed by atoms with van der Waals surface area (Å²) in [6, 6.07) is 30.3. The molecule has 13 nitrogen and oxygen atoms in total. The van der Waals surface area contributed by atoms with Crippen molar-refractivity contribution in [1.82, 2.24) is 9.97 Å². The third kappa shape index (κ3) is 26.0. The summed E-state index contributed by atoms with van der Waals surface area (Å²) < 4.78 is 29.2. The van der Waals surface area contributed by atoms with Gasteiger partial charge in [0.15, 0.2) is 19.8 Å². The van der Waals surface area contributed by atoms with Gasteiger partial charge in [-0.1, -0.05) is 214 Å². The molecule has 2 N–H and O–H groups in total. The molecule has 7 aromatic rings. The van der Waals surface area contributed by atoms with Crippen molar-refractivity contribution in [3.8, 4) is 56.9 Å². The van der Waals surface area contributed by atoms with Crippen LogP contribution in [-0.2, 0) is 64.6 Å². The number of rotatable bonds is 6. The Morgan fingerprint density at radius 2 is 0.927 bits per heavy atom. The molecule has 0 aliphatic carbocycles. The second-order valence-electron chi connectivity index (χ2n) is 28.2. The van der Waals surface area contributed by atoms with Gasteiger partial charge in [0.2, 0.25) is 23.2 Å². The first-order valence-electron chi connectivity index (χ1n) is 32.2. The number of aryl methyl sites for hydroxylation is 1. The number of carbonyl (C=O) groups is 3. The quantitative estimate of drug-likeness (QED) is 0.119. The number of phenols is 1. The van der Waals surface area contributed by atoms with Gasteiger partial charge in [-0.2, -0.15) is 0 Å². The molecule has 2 aromatic heterocycles. The Balaban J connectivity index is 0.000000586. The van der Waals surface area contributed by atoms with Crippen LogP contribution in [0.4, 0.5) is 0 Å². The topological polar surface area (TPSA) is 180 Å². The summed E-state index contributed by atoms with van der Waals surface area (Å²) in [6.07, 6.45) is 8.76. The van der Waals surface area contributed by atoms with Crippen molar-refractivity contribution in [3.63, 3.8) is 0 Å². The van der Waals surface area contributed by atoms with Gasteiger partial charge in [-0.25, -0.2) is 11.3 Å². The van der Waals surface area contributed by atoms with Gasteiger partial charge >= 0.3 is 0 Å². The molecule has 0 saturated carbocycles. The van der Waals surface area contributed by atoms with Crippen LogP contribution in [0.2, 0.25) is 0 Å². The van der Waals surface area contributed by atoms with Gasteiger partial charge in [0.05, 0.1) is 23.8 Å². The summed E-state index contributed by atoms with van der Waals surface area (Å²) in [5.74, 6) is 3.87. The number of phenolic OH excluding ortho intramolecular Hbond substituents is 1. The zero-order valence-electron chi connectivity index (χ0n) is 61.0.